The first-order chi connectivity index (χ1) is 6.86. The van der Waals surface area contributed by atoms with Gasteiger partial charge in [0.2, 0.25) is 0 Å². The standard InChI is InChI=1S/C13H17O/c1-3-4-5-6-8-12-9-7-10-13(11-12)14-2/h6-9,11H,3-5H2,1-2H3/b8-6+. The smallest absolute Gasteiger partial charge is 0.127 e. The molecule has 0 unspecified atom stereocenters. The van der Waals surface area contributed by atoms with Crippen molar-refractivity contribution in [2.45, 2.75) is 26.2 Å². The Balaban J connectivity index is 2.53. The van der Waals surface area contributed by atoms with Gasteiger partial charge in [-0.25, -0.2) is 0 Å². The Kier molecular flexibility index (Phi) is 4.84. The maximum Gasteiger partial charge on any atom is 0.127 e. The lowest BCUT2D eigenvalue weighted by Crippen LogP contribution is -1.82. The Morgan fingerprint density at radius 3 is 3.07 bits per heavy atom. The van der Waals surface area contributed by atoms with E-state index >= 15 is 0 Å². The van der Waals surface area contributed by atoms with Crippen LogP contribution in [0.4, 0.5) is 0 Å². The van der Waals surface area contributed by atoms with Gasteiger partial charge in [0.1, 0.15) is 5.75 Å². The topological polar surface area (TPSA) is 9.23 Å². The van der Waals surface area contributed by atoms with Crippen LogP contribution in [0.2, 0.25) is 0 Å². The quantitative estimate of drug-likeness (QED) is 0.642. The molecule has 0 atom stereocenters. The molecule has 1 nitrogen and oxygen atoms in total. The van der Waals surface area contributed by atoms with E-state index in [-0.39, 0.29) is 0 Å². The molecule has 0 N–H and O–H groups in total. The van der Waals surface area contributed by atoms with Crippen LogP contribution in [0.15, 0.2) is 24.3 Å². The largest absolute Gasteiger partial charge is 0.496 e. The number of rotatable bonds is 5. The van der Waals surface area contributed by atoms with Crippen LogP contribution in [0, 0.1) is 6.07 Å². The molecule has 0 saturated carbocycles. The molecule has 0 aliphatic rings. The van der Waals surface area contributed by atoms with E-state index in [0.717, 1.165) is 12.2 Å². The van der Waals surface area contributed by atoms with Crippen molar-refractivity contribution >= 4 is 6.08 Å². The molecular weight excluding hydrogens is 172 g/mol. The average Bonchev–Trinajstić information content (AvgIpc) is 2.25. The predicted molar refractivity (Wildman–Crippen MR) is 60.4 cm³/mol. The van der Waals surface area contributed by atoms with Crippen LogP contribution in [-0.2, 0) is 0 Å². The first kappa shape index (κ1) is 10.8. The second-order valence-corrected chi connectivity index (χ2v) is 3.23. The summed E-state index contributed by atoms with van der Waals surface area (Å²) in [6.45, 7) is 2.20. The normalized spacial score (nSPS) is 10.7. The third kappa shape index (κ3) is 3.65. The summed E-state index contributed by atoms with van der Waals surface area (Å²) in [4.78, 5) is 0. The van der Waals surface area contributed by atoms with Crippen LogP contribution >= 0.6 is 0 Å². The van der Waals surface area contributed by atoms with E-state index in [1.54, 1.807) is 7.11 Å². The highest BCUT2D eigenvalue weighted by Crippen LogP contribution is 2.13. The Labute approximate surface area is 86.4 Å². The monoisotopic (exact) mass is 189 g/mol. The van der Waals surface area contributed by atoms with E-state index in [1.807, 2.05) is 18.2 Å². The zero-order chi connectivity index (χ0) is 10.2. The minimum absolute atomic E-state index is 0.794. The molecule has 1 aromatic carbocycles. The molecule has 0 aliphatic heterocycles. The van der Waals surface area contributed by atoms with Gasteiger partial charge in [-0.3, -0.25) is 0 Å². The van der Waals surface area contributed by atoms with Gasteiger partial charge in [0, 0.05) is 6.07 Å². The summed E-state index contributed by atoms with van der Waals surface area (Å²) in [5, 5.41) is 0. The molecule has 75 valence electrons. The van der Waals surface area contributed by atoms with Crippen molar-refractivity contribution in [2.24, 2.45) is 0 Å². The SMILES string of the molecule is CCCC/C=C/c1cc[c]c(OC)c1. The molecule has 0 amide bonds. The second-order valence-electron chi connectivity index (χ2n) is 3.23. The van der Waals surface area contributed by atoms with Crippen LogP contribution in [0.5, 0.6) is 5.75 Å². The summed E-state index contributed by atoms with van der Waals surface area (Å²) in [7, 11) is 1.66. The molecule has 0 fully saturated rings. The minimum atomic E-state index is 0.794. The zero-order valence-electron chi connectivity index (χ0n) is 8.92. The molecule has 0 aromatic heterocycles. The van der Waals surface area contributed by atoms with E-state index < -0.39 is 0 Å². The predicted octanol–water partition coefficient (Wildman–Crippen LogP) is 3.70. The summed E-state index contributed by atoms with van der Waals surface area (Å²) >= 11 is 0. The molecule has 1 aromatic rings. The van der Waals surface area contributed by atoms with Crippen LogP contribution in [0.1, 0.15) is 31.7 Å². The molecule has 1 radical (unpaired) electrons. The van der Waals surface area contributed by atoms with Crippen molar-refractivity contribution in [3.05, 3.63) is 35.9 Å². The summed E-state index contributed by atoms with van der Waals surface area (Å²) in [6.07, 6.45) is 7.99. The van der Waals surface area contributed by atoms with Crippen LogP contribution in [0.25, 0.3) is 6.08 Å². The first-order valence-corrected chi connectivity index (χ1v) is 5.09. The van der Waals surface area contributed by atoms with Gasteiger partial charge in [-0.05, 0) is 24.1 Å². The number of hydrogen-bond acceptors (Lipinski definition) is 1. The average molecular weight is 189 g/mol. The van der Waals surface area contributed by atoms with Crippen molar-refractivity contribution in [3.63, 3.8) is 0 Å². The van der Waals surface area contributed by atoms with Gasteiger partial charge < -0.3 is 4.74 Å². The fourth-order valence-electron chi connectivity index (χ4n) is 1.22. The third-order valence-electron chi connectivity index (χ3n) is 2.05. The lowest BCUT2D eigenvalue weighted by Gasteiger charge is -1.99. The van der Waals surface area contributed by atoms with Crippen molar-refractivity contribution in [1.29, 1.82) is 0 Å². The van der Waals surface area contributed by atoms with Crippen LogP contribution in [0.3, 0.4) is 0 Å². The van der Waals surface area contributed by atoms with Gasteiger partial charge >= 0.3 is 0 Å². The number of benzene rings is 1. The molecule has 0 spiro atoms. The van der Waals surface area contributed by atoms with Gasteiger partial charge in [-0.15, -0.1) is 0 Å². The summed E-state index contributed by atoms with van der Waals surface area (Å²) in [5.74, 6) is 0.794. The molecule has 1 rings (SSSR count). The van der Waals surface area contributed by atoms with E-state index in [2.05, 4.69) is 25.1 Å². The highest BCUT2D eigenvalue weighted by atomic mass is 16.5. The van der Waals surface area contributed by atoms with Gasteiger partial charge in [0.15, 0.2) is 0 Å². The summed E-state index contributed by atoms with van der Waals surface area (Å²) in [5.41, 5.74) is 1.18. The lowest BCUT2D eigenvalue weighted by atomic mass is 10.1. The second kappa shape index (κ2) is 6.25. The number of unbranched alkanes of at least 4 members (excludes halogenated alkanes) is 2. The van der Waals surface area contributed by atoms with Crippen molar-refractivity contribution in [3.8, 4) is 5.75 Å². The Hall–Kier alpha value is -1.24. The Morgan fingerprint density at radius 1 is 1.50 bits per heavy atom. The number of methoxy groups -OCH3 is 1. The molecule has 14 heavy (non-hydrogen) atoms. The third-order valence-corrected chi connectivity index (χ3v) is 2.05. The highest BCUT2D eigenvalue weighted by molar-refractivity contribution is 5.51. The zero-order valence-corrected chi connectivity index (χ0v) is 8.92. The molecule has 0 saturated heterocycles. The fourth-order valence-corrected chi connectivity index (χ4v) is 1.22. The number of allylic oxidation sites excluding steroid dienone is 1. The first-order valence-electron chi connectivity index (χ1n) is 5.09. The molecule has 0 bridgehead atoms. The minimum Gasteiger partial charge on any atom is -0.496 e. The van der Waals surface area contributed by atoms with Crippen molar-refractivity contribution in [2.75, 3.05) is 7.11 Å². The number of hydrogen-bond donors (Lipinski definition) is 0. The molecule has 0 aliphatic carbocycles. The van der Waals surface area contributed by atoms with E-state index in [1.165, 1.54) is 18.4 Å². The summed E-state index contributed by atoms with van der Waals surface area (Å²) < 4.78 is 5.09. The van der Waals surface area contributed by atoms with Crippen LogP contribution < -0.4 is 4.74 Å². The van der Waals surface area contributed by atoms with Crippen molar-refractivity contribution < 1.29 is 4.74 Å². The highest BCUT2D eigenvalue weighted by Gasteiger charge is 1.91. The Morgan fingerprint density at radius 2 is 2.36 bits per heavy atom. The van der Waals surface area contributed by atoms with Crippen LogP contribution in [-0.4, -0.2) is 7.11 Å². The van der Waals surface area contributed by atoms with E-state index in [9.17, 15) is 0 Å². The number of ether oxygens (including phenoxy) is 1. The fraction of sp³-hybridized carbons (Fsp3) is 0.385. The van der Waals surface area contributed by atoms with Gasteiger partial charge in [0.05, 0.1) is 7.11 Å². The maximum absolute atomic E-state index is 5.09. The van der Waals surface area contributed by atoms with Crippen molar-refractivity contribution in [1.82, 2.24) is 0 Å². The molecule has 0 heterocycles. The molecular formula is C13H17O. The van der Waals surface area contributed by atoms with Gasteiger partial charge in [0.25, 0.3) is 0 Å². The van der Waals surface area contributed by atoms with Gasteiger partial charge in [-0.2, -0.15) is 0 Å². The molecule has 1 heteroatoms. The van der Waals surface area contributed by atoms with Gasteiger partial charge in [-0.1, -0.05) is 38.0 Å². The van der Waals surface area contributed by atoms with E-state index in [4.69, 9.17) is 4.74 Å². The Bertz CT molecular complexity index is 289. The summed E-state index contributed by atoms with van der Waals surface area (Å²) in [6, 6.07) is 8.91. The van der Waals surface area contributed by atoms with E-state index in [0.29, 0.717) is 0 Å². The maximum atomic E-state index is 5.09. The lowest BCUT2D eigenvalue weighted by molar-refractivity contribution is 0.414.